The van der Waals surface area contributed by atoms with Crippen molar-refractivity contribution in [3.63, 3.8) is 0 Å². The van der Waals surface area contributed by atoms with Crippen LogP contribution in [0, 0.1) is 0 Å². The Balaban J connectivity index is 1.52. The second-order valence-electron chi connectivity index (χ2n) is 6.43. The molecular weight excluding hydrogens is 364 g/mol. The first-order valence-corrected chi connectivity index (χ1v) is 10.0. The molecule has 1 aromatic heterocycles. The minimum absolute atomic E-state index is 0.0933. The quantitative estimate of drug-likeness (QED) is 0.717. The maximum atomic E-state index is 12.6. The standard InChI is InChI=1S/C19H18N4O3S/c20-27(25,26)14-6-7-18-13(11-14)8-10-23(18)12-19(24)22-17-5-1-4-16-15(17)3-2-9-21-16/h1-7,9,11H,8,10,12H2,(H,22,24)(H2,20,25,26). The van der Waals surface area contributed by atoms with Crippen molar-refractivity contribution in [3.8, 4) is 0 Å². The van der Waals surface area contributed by atoms with Gasteiger partial charge in [0.25, 0.3) is 0 Å². The summed E-state index contributed by atoms with van der Waals surface area (Å²) in [5.74, 6) is -0.144. The molecule has 27 heavy (non-hydrogen) atoms. The zero-order valence-corrected chi connectivity index (χ0v) is 15.2. The zero-order valence-electron chi connectivity index (χ0n) is 14.4. The average molecular weight is 382 g/mol. The Labute approximate surface area is 156 Å². The Morgan fingerprint density at radius 1 is 1.19 bits per heavy atom. The summed E-state index contributed by atoms with van der Waals surface area (Å²) < 4.78 is 23.0. The maximum absolute atomic E-state index is 12.6. The largest absolute Gasteiger partial charge is 0.362 e. The van der Waals surface area contributed by atoms with Crippen LogP contribution in [-0.4, -0.2) is 32.4 Å². The third-order valence-corrected chi connectivity index (χ3v) is 5.54. The minimum atomic E-state index is -3.73. The maximum Gasteiger partial charge on any atom is 0.243 e. The summed E-state index contributed by atoms with van der Waals surface area (Å²) in [7, 11) is -3.73. The lowest BCUT2D eigenvalue weighted by Gasteiger charge is -2.19. The lowest BCUT2D eigenvalue weighted by atomic mass is 10.2. The fourth-order valence-electron chi connectivity index (χ4n) is 3.36. The summed E-state index contributed by atoms with van der Waals surface area (Å²) in [6.45, 7) is 0.826. The highest BCUT2D eigenvalue weighted by Crippen LogP contribution is 2.30. The van der Waals surface area contributed by atoms with Crippen molar-refractivity contribution in [2.24, 2.45) is 5.14 Å². The van der Waals surface area contributed by atoms with E-state index in [1.54, 1.807) is 18.3 Å². The molecule has 0 radical (unpaired) electrons. The second-order valence-corrected chi connectivity index (χ2v) is 7.99. The fraction of sp³-hybridized carbons (Fsp3) is 0.158. The predicted molar refractivity (Wildman–Crippen MR) is 104 cm³/mol. The predicted octanol–water partition coefficient (Wildman–Crippen LogP) is 1.88. The highest BCUT2D eigenvalue weighted by molar-refractivity contribution is 7.89. The molecule has 3 aromatic rings. The molecule has 3 N–H and O–H groups in total. The number of benzene rings is 2. The van der Waals surface area contributed by atoms with Crippen LogP contribution in [0.3, 0.4) is 0 Å². The number of carbonyl (C=O) groups excluding carboxylic acids is 1. The number of fused-ring (bicyclic) bond motifs is 2. The monoisotopic (exact) mass is 382 g/mol. The molecule has 0 unspecified atom stereocenters. The SMILES string of the molecule is NS(=O)(=O)c1ccc2c(c1)CCN2CC(=O)Nc1cccc2ncccc12. The van der Waals surface area contributed by atoms with E-state index in [0.29, 0.717) is 13.0 Å². The molecule has 0 bridgehead atoms. The second kappa shape index (κ2) is 6.64. The van der Waals surface area contributed by atoms with Gasteiger partial charge < -0.3 is 10.2 Å². The number of pyridine rings is 1. The third kappa shape index (κ3) is 3.49. The summed E-state index contributed by atoms with van der Waals surface area (Å²) in [6, 6.07) is 14.1. The van der Waals surface area contributed by atoms with Gasteiger partial charge in [-0.05, 0) is 54.4 Å². The number of aromatic nitrogens is 1. The number of nitrogens with zero attached hydrogens (tertiary/aromatic N) is 2. The van der Waals surface area contributed by atoms with Gasteiger partial charge in [0.15, 0.2) is 0 Å². The van der Waals surface area contributed by atoms with Gasteiger partial charge in [-0.3, -0.25) is 9.78 Å². The van der Waals surface area contributed by atoms with E-state index in [-0.39, 0.29) is 17.3 Å². The molecule has 1 amide bonds. The third-order valence-electron chi connectivity index (χ3n) is 4.63. The van der Waals surface area contributed by atoms with Gasteiger partial charge in [0.2, 0.25) is 15.9 Å². The highest BCUT2D eigenvalue weighted by Gasteiger charge is 2.23. The summed E-state index contributed by atoms with van der Waals surface area (Å²) in [5.41, 5.74) is 3.27. The van der Waals surface area contributed by atoms with Crippen LogP contribution in [0.5, 0.6) is 0 Å². The summed E-state index contributed by atoms with van der Waals surface area (Å²) in [5, 5.41) is 9.01. The van der Waals surface area contributed by atoms with Crippen molar-refractivity contribution >= 4 is 38.2 Å². The Hall–Kier alpha value is -2.97. The first-order valence-electron chi connectivity index (χ1n) is 8.46. The Kier molecular flexibility index (Phi) is 4.29. The molecule has 2 aromatic carbocycles. The van der Waals surface area contributed by atoms with Crippen LogP contribution in [0.25, 0.3) is 10.9 Å². The van der Waals surface area contributed by atoms with Crippen LogP contribution in [0.2, 0.25) is 0 Å². The molecule has 1 aliphatic heterocycles. The Bertz CT molecular complexity index is 1140. The van der Waals surface area contributed by atoms with Crippen LogP contribution in [0.1, 0.15) is 5.56 Å². The Morgan fingerprint density at radius 2 is 2.04 bits per heavy atom. The highest BCUT2D eigenvalue weighted by atomic mass is 32.2. The van der Waals surface area contributed by atoms with E-state index in [1.807, 2.05) is 35.2 Å². The molecular formula is C19H18N4O3S. The molecule has 0 saturated carbocycles. The number of rotatable bonds is 4. The lowest BCUT2D eigenvalue weighted by molar-refractivity contribution is -0.114. The van der Waals surface area contributed by atoms with Gasteiger partial charge >= 0.3 is 0 Å². The molecule has 0 saturated heterocycles. The van der Waals surface area contributed by atoms with E-state index >= 15 is 0 Å². The molecule has 0 fully saturated rings. The van der Waals surface area contributed by atoms with E-state index in [4.69, 9.17) is 5.14 Å². The number of hydrogen-bond donors (Lipinski definition) is 2. The molecule has 0 aliphatic carbocycles. The number of nitrogens with one attached hydrogen (secondary N) is 1. The van der Waals surface area contributed by atoms with E-state index in [1.165, 1.54) is 6.07 Å². The van der Waals surface area contributed by atoms with Crippen molar-refractivity contribution in [2.75, 3.05) is 23.3 Å². The smallest absolute Gasteiger partial charge is 0.243 e. The van der Waals surface area contributed by atoms with Crippen molar-refractivity contribution in [2.45, 2.75) is 11.3 Å². The van der Waals surface area contributed by atoms with Crippen molar-refractivity contribution in [1.29, 1.82) is 0 Å². The lowest BCUT2D eigenvalue weighted by Crippen LogP contribution is -2.31. The van der Waals surface area contributed by atoms with Gasteiger partial charge in [-0.15, -0.1) is 0 Å². The summed E-state index contributed by atoms with van der Waals surface area (Å²) in [4.78, 5) is 18.9. The van der Waals surface area contributed by atoms with Crippen LogP contribution >= 0.6 is 0 Å². The summed E-state index contributed by atoms with van der Waals surface area (Å²) in [6.07, 6.45) is 2.38. The molecule has 4 rings (SSSR count). The minimum Gasteiger partial charge on any atom is -0.362 e. The van der Waals surface area contributed by atoms with Gasteiger partial charge in [-0.2, -0.15) is 0 Å². The zero-order chi connectivity index (χ0) is 19.0. The molecule has 0 spiro atoms. The Morgan fingerprint density at radius 3 is 2.85 bits per heavy atom. The average Bonchev–Trinajstić information content (AvgIpc) is 3.03. The van der Waals surface area contributed by atoms with Crippen LogP contribution in [-0.2, 0) is 21.2 Å². The van der Waals surface area contributed by atoms with Gasteiger partial charge in [-0.25, -0.2) is 13.6 Å². The van der Waals surface area contributed by atoms with E-state index in [9.17, 15) is 13.2 Å². The van der Waals surface area contributed by atoms with Gasteiger partial charge in [0, 0.05) is 23.8 Å². The number of nitrogens with two attached hydrogens (primary N) is 1. The van der Waals surface area contributed by atoms with Crippen LogP contribution < -0.4 is 15.4 Å². The number of carbonyl (C=O) groups is 1. The number of hydrogen-bond acceptors (Lipinski definition) is 5. The van der Waals surface area contributed by atoms with Crippen molar-refractivity contribution < 1.29 is 13.2 Å². The number of sulfonamides is 1. The normalized spacial score (nSPS) is 13.6. The van der Waals surface area contributed by atoms with Crippen LogP contribution in [0.4, 0.5) is 11.4 Å². The fourth-order valence-corrected chi connectivity index (χ4v) is 3.93. The van der Waals surface area contributed by atoms with E-state index in [2.05, 4.69) is 10.3 Å². The van der Waals surface area contributed by atoms with Gasteiger partial charge in [0.1, 0.15) is 0 Å². The van der Waals surface area contributed by atoms with E-state index < -0.39 is 10.0 Å². The summed E-state index contributed by atoms with van der Waals surface area (Å²) >= 11 is 0. The first-order chi connectivity index (χ1) is 12.9. The molecule has 0 atom stereocenters. The van der Waals surface area contributed by atoms with Gasteiger partial charge in [0.05, 0.1) is 22.6 Å². The van der Waals surface area contributed by atoms with Crippen LogP contribution in [0.15, 0.2) is 59.6 Å². The van der Waals surface area contributed by atoms with Crippen molar-refractivity contribution in [3.05, 3.63) is 60.3 Å². The molecule has 2 heterocycles. The molecule has 1 aliphatic rings. The van der Waals surface area contributed by atoms with Crippen molar-refractivity contribution in [1.82, 2.24) is 4.98 Å². The first kappa shape index (κ1) is 17.4. The number of amides is 1. The number of anilines is 2. The topological polar surface area (TPSA) is 105 Å². The molecule has 8 heteroatoms. The number of primary sulfonamides is 1. The molecule has 138 valence electrons. The molecule has 7 nitrogen and oxygen atoms in total. The van der Waals surface area contributed by atoms with Gasteiger partial charge in [-0.1, -0.05) is 6.07 Å². The van der Waals surface area contributed by atoms with E-state index in [0.717, 1.165) is 27.8 Å².